The molecule has 106 valence electrons. The van der Waals surface area contributed by atoms with Gasteiger partial charge in [-0.25, -0.2) is 0 Å². The van der Waals surface area contributed by atoms with E-state index in [-0.39, 0.29) is 23.2 Å². The summed E-state index contributed by atoms with van der Waals surface area (Å²) < 4.78 is 6.13. The highest BCUT2D eigenvalue weighted by Crippen LogP contribution is 2.46. The summed E-state index contributed by atoms with van der Waals surface area (Å²) in [6, 6.07) is 0. The van der Waals surface area contributed by atoms with E-state index in [1.165, 1.54) is 38.5 Å². The molecule has 0 aromatic heterocycles. The molecule has 1 aliphatic heterocycles. The predicted octanol–water partition coefficient (Wildman–Crippen LogP) is 3.91. The van der Waals surface area contributed by atoms with Gasteiger partial charge in [0.15, 0.2) is 0 Å². The molecule has 1 saturated carbocycles. The van der Waals surface area contributed by atoms with Crippen molar-refractivity contribution < 1.29 is 9.84 Å². The molecule has 1 aliphatic carbocycles. The highest BCUT2D eigenvalue weighted by Gasteiger charge is 2.50. The Labute approximate surface area is 112 Å². The summed E-state index contributed by atoms with van der Waals surface area (Å²) in [7, 11) is 0. The van der Waals surface area contributed by atoms with E-state index in [2.05, 4.69) is 27.7 Å². The minimum absolute atomic E-state index is 0.0835. The Morgan fingerprint density at radius 2 is 1.56 bits per heavy atom. The van der Waals surface area contributed by atoms with Crippen molar-refractivity contribution in [1.29, 1.82) is 0 Å². The average molecular weight is 254 g/mol. The largest absolute Gasteiger partial charge is 0.392 e. The normalized spacial score (nSPS) is 34.2. The second kappa shape index (κ2) is 5.13. The van der Waals surface area contributed by atoms with Crippen LogP contribution in [0.5, 0.6) is 0 Å². The monoisotopic (exact) mass is 254 g/mol. The third-order valence-electron chi connectivity index (χ3n) is 4.94. The van der Waals surface area contributed by atoms with Crippen LogP contribution in [0.1, 0.15) is 72.6 Å². The summed E-state index contributed by atoms with van der Waals surface area (Å²) in [5.74, 6) is 0.782. The van der Waals surface area contributed by atoms with Crippen molar-refractivity contribution in [1.82, 2.24) is 0 Å². The zero-order valence-electron chi connectivity index (χ0n) is 12.5. The maximum atomic E-state index is 10.8. The molecule has 2 unspecified atom stereocenters. The fraction of sp³-hybridized carbons (Fsp3) is 1.00. The van der Waals surface area contributed by atoms with Crippen molar-refractivity contribution in [3.8, 4) is 0 Å². The first-order chi connectivity index (χ1) is 8.32. The van der Waals surface area contributed by atoms with Crippen molar-refractivity contribution >= 4 is 0 Å². The lowest BCUT2D eigenvalue weighted by Crippen LogP contribution is -2.40. The van der Waals surface area contributed by atoms with E-state index >= 15 is 0 Å². The van der Waals surface area contributed by atoms with Gasteiger partial charge in [0.05, 0.1) is 17.3 Å². The van der Waals surface area contributed by atoms with E-state index in [1.807, 2.05) is 0 Å². The van der Waals surface area contributed by atoms with Gasteiger partial charge in [-0.2, -0.15) is 0 Å². The number of aliphatic hydroxyl groups excluding tert-OH is 1. The smallest absolute Gasteiger partial charge is 0.0687 e. The lowest BCUT2D eigenvalue weighted by atomic mass is 9.76. The van der Waals surface area contributed by atoms with Crippen molar-refractivity contribution in [3.05, 3.63) is 0 Å². The van der Waals surface area contributed by atoms with Gasteiger partial charge in [0.1, 0.15) is 0 Å². The van der Waals surface area contributed by atoms with Crippen LogP contribution >= 0.6 is 0 Å². The lowest BCUT2D eigenvalue weighted by Gasteiger charge is -2.34. The fourth-order valence-corrected chi connectivity index (χ4v) is 4.12. The molecule has 2 nitrogen and oxygen atoms in total. The van der Waals surface area contributed by atoms with E-state index in [1.54, 1.807) is 0 Å². The first kappa shape index (κ1) is 14.3. The molecular formula is C16H30O2. The van der Waals surface area contributed by atoms with E-state index in [4.69, 9.17) is 4.74 Å². The summed E-state index contributed by atoms with van der Waals surface area (Å²) in [5, 5.41) is 10.8. The van der Waals surface area contributed by atoms with Gasteiger partial charge >= 0.3 is 0 Å². The van der Waals surface area contributed by atoms with Crippen LogP contribution in [0.4, 0.5) is 0 Å². The van der Waals surface area contributed by atoms with E-state index in [0.29, 0.717) is 5.92 Å². The maximum Gasteiger partial charge on any atom is 0.0687 e. The summed E-state index contributed by atoms with van der Waals surface area (Å²) in [6.07, 6.45) is 8.48. The molecule has 2 aliphatic rings. The summed E-state index contributed by atoms with van der Waals surface area (Å²) in [5.41, 5.74) is -0.269. The average Bonchev–Trinajstić information content (AvgIpc) is 2.48. The molecule has 1 saturated heterocycles. The molecular weight excluding hydrogens is 224 g/mol. The first-order valence-corrected chi connectivity index (χ1v) is 7.70. The van der Waals surface area contributed by atoms with Gasteiger partial charge < -0.3 is 9.84 Å². The van der Waals surface area contributed by atoms with Crippen molar-refractivity contribution in [2.75, 3.05) is 0 Å². The Bertz CT molecular complexity index is 275. The lowest BCUT2D eigenvalue weighted by molar-refractivity contribution is -0.0944. The number of rotatable bonds is 2. The SMILES string of the molecule is CC1(C)CC(C(O)C2CCCCCC2)C(C)(C)O1. The van der Waals surface area contributed by atoms with Gasteiger partial charge in [0.2, 0.25) is 0 Å². The van der Waals surface area contributed by atoms with Crippen molar-refractivity contribution in [3.63, 3.8) is 0 Å². The third kappa shape index (κ3) is 3.08. The minimum Gasteiger partial charge on any atom is -0.392 e. The van der Waals surface area contributed by atoms with E-state index < -0.39 is 0 Å². The highest BCUT2D eigenvalue weighted by atomic mass is 16.5. The molecule has 0 spiro atoms. The van der Waals surface area contributed by atoms with Crippen LogP contribution in [-0.2, 0) is 4.74 Å². The van der Waals surface area contributed by atoms with Gasteiger partial charge in [-0.15, -0.1) is 0 Å². The zero-order chi connectivity index (χ0) is 13.4. The van der Waals surface area contributed by atoms with Crippen LogP contribution in [0.25, 0.3) is 0 Å². The van der Waals surface area contributed by atoms with Crippen LogP contribution in [-0.4, -0.2) is 22.4 Å². The van der Waals surface area contributed by atoms with Gasteiger partial charge in [-0.1, -0.05) is 25.7 Å². The molecule has 2 atom stereocenters. The standard InChI is InChI=1S/C16H30O2/c1-15(2)11-13(16(3,4)18-15)14(17)12-9-7-5-6-8-10-12/h12-14,17H,5-11H2,1-4H3. The Balaban J connectivity index is 2.05. The molecule has 2 heteroatoms. The summed E-state index contributed by atoms with van der Waals surface area (Å²) in [4.78, 5) is 0. The van der Waals surface area contributed by atoms with Gasteiger partial charge in [-0.05, 0) is 52.9 Å². The molecule has 1 heterocycles. The Kier molecular flexibility index (Phi) is 4.08. The number of hydrogen-bond acceptors (Lipinski definition) is 2. The second-order valence-corrected chi connectivity index (χ2v) is 7.52. The highest BCUT2D eigenvalue weighted by molar-refractivity contribution is 4.98. The fourth-order valence-electron chi connectivity index (χ4n) is 4.12. The van der Waals surface area contributed by atoms with Gasteiger partial charge in [0, 0.05) is 5.92 Å². The van der Waals surface area contributed by atoms with Crippen LogP contribution in [0.15, 0.2) is 0 Å². The Morgan fingerprint density at radius 1 is 1.00 bits per heavy atom. The van der Waals surface area contributed by atoms with E-state index in [0.717, 1.165) is 6.42 Å². The quantitative estimate of drug-likeness (QED) is 0.757. The number of hydrogen-bond donors (Lipinski definition) is 1. The number of ether oxygens (including phenoxy) is 1. The molecule has 0 radical (unpaired) electrons. The van der Waals surface area contributed by atoms with Crippen LogP contribution in [0.3, 0.4) is 0 Å². The summed E-state index contributed by atoms with van der Waals surface area (Å²) >= 11 is 0. The molecule has 2 fully saturated rings. The van der Waals surface area contributed by atoms with Crippen molar-refractivity contribution in [2.45, 2.75) is 89.9 Å². The maximum absolute atomic E-state index is 10.8. The molecule has 0 aromatic carbocycles. The predicted molar refractivity (Wildman–Crippen MR) is 74.5 cm³/mol. The Hall–Kier alpha value is -0.0800. The van der Waals surface area contributed by atoms with Crippen LogP contribution in [0, 0.1) is 11.8 Å². The first-order valence-electron chi connectivity index (χ1n) is 7.70. The topological polar surface area (TPSA) is 29.5 Å². The van der Waals surface area contributed by atoms with Crippen LogP contribution in [0.2, 0.25) is 0 Å². The molecule has 18 heavy (non-hydrogen) atoms. The van der Waals surface area contributed by atoms with E-state index in [9.17, 15) is 5.11 Å². The molecule has 0 aromatic rings. The molecule has 1 N–H and O–H groups in total. The minimum atomic E-state index is -0.185. The van der Waals surface area contributed by atoms with Gasteiger partial charge in [0.25, 0.3) is 0 Å². The van der Waals surface area contributed by atoms with Crippen LogP contribution < -0.4 is 0 Å². The molecule has 0 amide bonds. The van der Waals surface area contributed by atoms with Gasteiger partial charge in [-0.3, -0.25) is 0 Å². The zero-order valence-corrected chi connectivity index (χ0v) is 12.5. The molecule has 0 bridgehead atoms. The third-order valence-corrected chi connectivity index (χ3v) is 4.94. The number of aliphatic hydroxyl groups is 1. The van der Waals surface area contributed by atoms with Crippen molar-refractivity contribution in [2.24, 2.45) is 11.8 Å². The molecule has 2 rings (SSSR count). The Morgan fingerprint density at radius 3 is 2.00 bits per heavy atom. The second-order valence-electron chi connectivity index (χ2n) is 7.52. The summed E-state index contributed by atoms with van der Waals surface area (Å²) in [6.45, 7) is 8.59.